The molecule has 272 valence electrons. The average Bonchev–Trinajstić information content (AvgIpc) is 3.89. The van der Waals surface area contributed by atoms with Crippen LogP contribution in [-0.4, -0.2) is 80.3 Å². The Morgan fingerprint density at radius 3 is 2.40 bits per heavy atom. The number of nitrogens with zero attached hydrogens (tertiary/aromatic N) is 2. The number of carbonyl (C=O) groups excluding carboxylic acids is 1. The number of benzene rings is 2. The first-order valence-corrected chi connectivity index (χ1v) is 18.1. The number of aliphatic hydroxyl groups is 1. The molecule has 1 saturated carbocycles. The van der Waals surface area contributed by atoms with Gasteiger partial charge in [-0.2, -0.15) is 0 Å². The molecule has 50 heavy (non-hydrogen) atoms. The van der Waals surface area contributed by atoms with Gasteiger partial charge in [0.25, 0.3) is 5.56 Å². The summed E-state index contributed by atoms with van der Waals surface area (Å²) < 4.78 is 23.8. The fourth-order valence-corrected chi connectivity index (χ4v) is 7.19. The molecule has 5 rings (SSSR count). The molecule has 1 aromatic heterocycles. The van der Waals surface area contributed by atoms with Crippen LogP contribution in [-0.2, 0) is 39.4 Å². The number of hydrogen-bond donors (Lipinski definition) is 2. The first kappa shape index (κ1) is 38.1. The number of carbonyl (C=O) groups is 1. The highest BCUT2D eigenvalue weighted by atomic mass is 35.5. The summed E-state index contributed by atoms with van der Waals surface area (Å²) >= 11 is 12.6. The van der Waals surface area contributed by atoms with E-state index in [0.717, 1.165) is 48.1 Å². The number of piperidine rings is 1. The normalized spacial score (nSPS) is 19.4. The Morgan fingerprint density at radius 2 is 1.70 bits per heavy atom. The lowest BCUT2D eigenvalue weighted by Gasteiger charge is -2.44. The molecule has 0 spiro atoms. The number of nitrogens with one attached hydrogen (secondary N) is 1. The van der Waals surface area contributed by atoms with E-state index in [1.165, 1.54) is 6.07 Å². The third kappa shape index (κ3) is 10.2. The smallest absolute Gasteiger partial charge is 0.250 e. The first-order valence-electron chi connectivity index (χ1n) is 17.4. The molecule has 2 unspecified atom stereocenters. The Hall–Kier alpha value is -3.12. The summed E-state index contributed by atoms with van der Waals surface area (Å²) in [6, 6.07) is 13.2. The van der Waals surface area contributed by atoms with Crippen molar-refractivity contribution in [1.29, 1.82) is 0 Å². The van der Waals surface area contributed by atoms with Crippen LogP contribution in [0.25, 0.3) is 0 Å². The second kappa shape index (κ2) is 17.9. The minimum Gasteiger partial charge on any atom is -0.491 e. The van der Waals surface area contributed by atoms with Crippen LogP contribution in [0.5, 0.6) is 11.5 Å². The quantitative estimate of drug-likeness (QED) is 0.165. The van der Waals surface area contributed by atoms with Gasteiger partial charge in [-0.3, -0.25) is 14.5 Å². The van der Waals surface area contributed by atoms with E-state index in [-0.39, 0.29) is 17.5 Å². The van der Waals surface area contributed by atoms with Crippen LogP contribution in [0.2, 0.25) is 10.0 Å². The summed E-state index contributed by atoms with van der Waals surface area (Å²) in [5.74, 6) is 0.257. The molecule has 2 aromatic carbocycles. The fourth-order valence-electron chi connectivity index (χ4n) is 6.49. The Balaban J connectivity index is 1.28. The van der Waals surface area contributed by atoms with Crippen molar-refractivity contribution in [3.05, 3.63) is 91.3 Å². The maximum absolute atomic E-state index is 13.7. The summed E-state index contributed by atoms with van der Waals surface area (Å²) in [4.78, 5) is 29.2. The molecule has 1 amide bonds. The van der Waals surface area contributed by atoms with Crippen LogP contribution < -0.4 is 20.3 Å². The van der Waals surface area contributed by atoms with E-state index in [0.29, 0.717) is 86.8 Å². The second-order valence-electron chi connectivity index (χ2n) is 13.4. The lowest BCUT2D eigenvalue weighted by Crippen LogP contribution is -2.56. The molecule has 0 radical (unpaired) electrons. The zero-order valence-electron chi connectivity index (χ0n) is 29.2. The minimum absolute atomic E-state index is 0.137. The maximum Gasteiger partial charge on any atom is 0.250 e. The molecular weight excluding hydrogens is 681 g/mol. The third-order valence-electron chi connectivity index (χ3n) is 9.30. The molecule has 0 bridgehead atoms. The molecular formula is C38H49Cl2N3O7. The molecule has 1 saturated heterocycles. The molecule has 2 aliphatic rings. The van der Waals surface area contributed by atoms with Crippen molar-refractivity contribution in [2.75, 3.05) is 53.7 Å². The van der Waals surface area contributed by atoms with Crippen LogP contribution in [0.1, 0.15) is 54.4 Å². The molecule has 3 aromatic rings. The Morgan fingerprint density at radius 1 is 0.960 bits per heavy atom. The van der Waals surface area contributed by atoms with Crippen molar-refractivity contribution in [2.45, 2.75) is 70.2 Å². The van der Waals surface area contributed by atoms with E-state index in [1.807, 2.05) is 13.0 Å². The van der Waals surface area contributed by atoms with Crippen LogP contribution in [0.4, 0.5) is 0 Å². The van der Waals surface area contributed by atoms with Gasteiger partial charge in [-0.25, -0.2) is 0 Å². The van der Waals surface area contributed by atoms with Crippen molar-refractivity contribution in [3.63, 3.8) is 0 Å². The van der Waals surface area contributed by atoms with E-state index in [2.05, 4.69) is 22.3 Å². The van der Waals surface area contributed by atoms with E-state index in [9.17, 15) is 14.7 Å². The van der Waals surface area contributed by atoms with Crippen molar-refractivity contribution in [3.8, 4) is 11.5 Å². The van der Waals surface area contributed by atoms with Crippen LogP contribution in [0.15, 0.2) is 53.5 Å². The number of ether oxygens (including phenoxy) is 4. The predicted octanol–water partition coefficient (Wildman–Crippen LogP) is 5.53. The lowest BCUT2D eigenvalue weighted by atomic mass is 9.75. The summed E-state index contributed by atoms with van der Waals surface area (Å²) in [6.45, 7) is 5.70. The van der Waals surface area contributed by atoms with E-state index in [4.69, 9.17) is 42.1 Å². The number of methoxy groups -OCH3 is 2. The number of rotatable bonds is 18. The molecule has 12 heteroatoms. The van der Waals surface area contributed by atoms with Crippen LogP contribution >= 0.6 is 23.2 Å². The Bertz CT molecular complexity index is 1610. The van der Waals surface area contributed by atoms with Gasteiger partial charge in [-0.05, 0) is 98.0 Å². The molecule has 2 N–H and O–H groups in total. The first-order chi connectivity index (χ1) is 24.1. The number of halogens is 2. The van der Waals surface area contributed by atoms with Gasteiger partial charge in [0.05, 0.1) is 29.2 Å². The zero-order chi connectivity index (χ0) is 35.7. The molecule has 2 atom stereocenters. The lowest BCUT2D eigenvalue weighted by molar-refractivity contribution is -0.144. The van der Waals surface area contributed by atoms with Gasteiger partial charge in [0.2, 0.25) is 5.91 Å². The standard InChI is InChI=1S/C38H49Cl2N3O7/c1-26-18-33(39)36(34(40)19-26)50-15-5-11-43-12-9-29(23-35(43)44)38(46)10-13-42(25-32(38)37(45)41-30-7-8-30)24-28-20-27(6-4-14-47-2)21-31(22-28)49-17-16-48-3/h9,12,18-23,30,32,46H,4-8,10-11,13-17,24-25H2,1-3H3,(H,41,45). The topological polar surface area (TPSA) is 111 Å². The fraction of sp³-hybridized carbons (Fsp3) is 0.526. The SMILES string of the molecule is COCCCc1cc(CN2CCC(O)(c3ccn(CCCOc4c(Cl)cc(C)cc4Cl)c(=O)c3)C(C(=O)NC3CC3)C2)cc(OCCOC)c1. The largest absolute Gasteiger partial charge is 0.491 e. The highest BCUT2D eigenvalue weighted by Crippen LogP contribution is 2.39. The van der Waals surface area contributed by atoms with Crippen LogP contribution in [0.3, 0.4) is 0 Å². The predicted molar refractivity (Wildman–Crippen MR) is 194 cm³/mol. The van der Waals surface area contributed by atoms with E-state index < -0.39 is 11.5 Å². The van der Waals surface area contributed by atoms with Gasteiger partial charge in [0.15, 0.2) is 5.75 Å². The van der Waals surface area contributed by atoms with Gasteiger partial charge in [-0.1, -0.05) is 29.3 Å². The monoisotopic (exact) mass is 729 g/mol. The minimum atomic E-state index is -1.49. The summed E-state index contributed by atoms with van der Waals surface area (Å²) in [7, 11) is 3.35. The number of likely N-dealkylation sites (tertiary alicyclic amines) is 1. The third-order valence-corrected chi connectivity index (χ3v) is 9.86. The molecule has 1 aliphatic heterocycles. The van der Waals surface area contributed by atoms with Gasteiger partial charge in [-0.15, -0.1) is 0 Å². The number of aromatic nitrogens is 1. The number of hydrogen-bond acceptors (Lipinski definition) is 8. The molecule has 10 nitrogen and oxygen atoms in total. The molecule has 2 heterocycles. The Kier molecular flexibility index (Phi) is 13.6. The van der Waals surface area contributed by atoms with Gasteiger partial charge >= 0.3 is 0 Å². The van der Waals surface area contributed by atoms with E-state index in [1.54, 1.807) is 43.2 Å². The second-order valence-corrected chi connectivity index (χ2v) is 14.2. The van der Waals surface area contributed by atoms with E-state index >= 15 is 0 Å². The zero-order valence-corrected chi connectivity index (χ0v) is 30.7. The summed E-state index contributed by atoms with van der Waals surface area (Å²) in [5, 5.41) is 16.2. The van der Waals surface area contributed by atoms with Crippen LogP contribution in [0, 0.1) is 12.8 Å². The summed E-state index contributed by atoms with van der Waals surface area (Å²) in [6.07, 6.45) is 6.14. The Labute approximate surface area is 304 Å². The van der Waals surface area contributed by atoms with Crippen molar-refractivity contribution in [2.24, 2.45) is 5.92 Å². The van der Waals surface area contributed by atoms with Gasteiger partial charge in [0.1, 0.15) is 18.0 Å². The highest BCUT2D eigenvalue weighted by molar-refractivity contribution is 6.37. The molecule has 1 aliphatic carbocycles. The average molecular weight is 731 g/mol. The van der Waals surface area contributed by atoms with Crippen molar-refractivity contribution in [1.82, 2.24) is 14.8 Å². The number of amides is 1. The van der Waals surface area contributed by atoms with Crippen molar-refractivity contribution < 1.29 is 28.8 Å². The number of pyridine rings is 1. The molecule has 2 fully saturated rings. The number of aryl methyl sites for hydroxylation is 3. The van der Waals surface area contributed by atoms with Crippen molar-refractivity contribution >= 4 is 29.1 Å². The maximum atomic E-state index is 13.7. The highest BCUT2D eigenvalue weighted by Gasteiger charge is 2.48. The van der Waals surface area contributed by atoms with Gasteiger partial charge < -0.3 is 33.9 Å². The van der Waals surface area contributed by atoms with Gasteiger partial charge in [0, 0.05) is 65.3 Å². The summed E-state index contributed by atoms with van der Waals surface area (Å²) in [5.41, 5.74) is 1.87.